The number of halogens is 1. The molecule has 0 aromatic heterocycles. The molecule has 0 saturated heterocycles. The summed E-state index contributed by atoms with van der Waals surface area (Å²) in [6, 6.07) is 0. The Bertz CT molecular complexity index is 66.8. The molecule has 0 aliphatic carbocycles. The first-order chi connectivity index (χ1) is 5.41. The van der Waals surface area contributed by atoms with Gasteiger partial charge in [0.15, 0.2) is 0 Å². The molecule has 0 bridgehead atoms. The smallest absolute Gasteiger partial charge is 0.00741 e. The molecule has 0 aliphatic rings. The highest BCUT2D eigenvalue weighted by atomic mass is 127. The summed E-state index contributed by atoms with van der Waals surface area (Å²) in [6.45, 7) is 1.07. The molecule has 0 heterocycles. The first kappa shape index (κ1) is 12.7. The van der Waals surface area contributed by atoms with E-state index >= 15 is 0 Å². The second-order valence-electron chi connectivity index (χ2n) is 1.92. The fraction of sp³-hybridized carbons (Fsp3) is 1.00. The van der Waals surface area contributed by atoms with E-state index in [4.69, 9.17) is 0 Å². The maximum atomic E-state index is 4.12. The monoisotopic (exact) mass is 323 g/mol. The van der Waals surface area contributed by atoms with Crippen molar-refractivity contribution in [2.45, 2.75) is 12.8 Å². The van der Waals surface area contributed by atoms with Crippen molar-refractivity contribution in [3.05, 3.63) is 0 Å². The minimum absolute atomic E-state index is 0.978. The van der Waals surface area contributed by atoms with Crippen molar-refractivity contribution < 1.29 is 0 Å². The summed E-state index contributed by atoms with van der Waals surface area (Å²) in [5.74, 6) is 2.23. The Morgan fingerprint density at radius 1 is 1.36 bits per heavy atom. The van der Waals surface area contributed by atoms with Crippen LogP contribution in [0.25, 0.3) is 0 Å². The summed E-state index contributed by atoms with van der Waals surface area (Å²) in [4.78, 5) is 0. The third-order valence-corrected chi connectivity index (χ3v) is 4.10. The van der Waals surface area contributed by atoms with Gasteiger partial charge >= 0.3 is 0 Å². The van der Waals surface area contributed by atoms with Gasteiger partial charge in [-0.2, -0.15) is 12.6 Å². The van der Waals surface area contributed by atoms with Crippen molar-refractivity contribution in [3.63, 3.8) is 0 Å². The molecule has 0 aliphatic heterocycles. The Labute approximate surface area is 96.3 Å². The van der Waals surface area contributed by atoms with Gasteiger partial charge in [0.2, 0.25) is 0 Å². The molecular formula is C6H14INS3. The number of alkyl halides is 1. The zero-order chi connectivity index (χ0) is 8.36. The Morgan fingerprint density at radius 3 is 2.82 bits per heavy atom. The number of nitrogens with one attached hydrogen (secondary N) is 1. The normalized spacial score (nSPS) is 10.4. The van der Waals surface area contributed by atoms with E-state index in [-0.39, 0.29) is 0 Å². The lowest BCUT2D eigenvalue weighted by molar-refractivity contribution is 0.893. The third-order valence-electron chi connectivity index (χ3n) is 0.916. The lowest BCUT2D eigenvalue weighted by Gasteiger charge is -2.00. The topological polar surface area (TPSA) is 12.0 Å². The first-order valence-corrected chi connectivity index (χ1v) is 8.07. The second-order valence-corrected chi connectivity index (χ2v) is 5.75. The van der Waals surface area contributed by atoms with E-state index in [1.807, 2.05) is 10.8 Å². The van der Waals surface area contributed by atoms with Gasteiger partial charge in [0.05, 0.1) is 0 Å². The number of thiol groups is 1. The molecule has 0 fully saturated rings. The minimum Gasteiger partial charge on any atom is -0.255 e. The van der Waals surface area contributed by atoms with Crippen LogP contribution >= 0.6 is 57.0 Å². The summed E-state index contributed by atoms with van der Waals surface area (Å²) < 4.78 is 4.54. The quantitative estimate of drug-likeness (QED) is 0.178. The molecule has 0 aromatic carbocycles. The standard InChI is InChI=1S/C6H14INS3/c7-3-1-6-10-11-8-4-2-5-9/h8-9H,1-6H2. The molecule has 5 heteroatoms. The fourth-order valence-corrected chi connectivity index (χ4v) is 3.21. The Kier molecular flexibility index (Phi) is 13.6. The van der Waals surface area contributed by atoms with Crippen LogP contribution in [0, 0.1) is 0 Å². The predicted octanol–water partition coefficient (Wildman–Crippen LogP) is 3.02. The summed E-state index contributed by atoms with van der Waals surface area (Å²) in [5, 5.41) is 0. The second kappa shape index (κ2) is 11.7. The van der Waals surface area contributed by atoms with Gasteiger partial charge in [-0.05, 0) is 29.6 Å². The molecule has 11 heavy (non-hydrogen) atoms. The average molecular weight is 323 g/mol. The van der Waals surface area contributed by atoms with Gasteiger partial charge in [0, 0.05) is 16.7 Å². The van der Waals surface area contributed by atoms with Crippen LogP contribution in [0.5, 0.6) is 0 Å². The average Bonchev–Trinajstić information content (AvgIpc) is 2.03. The van der Waals surface area contributed by atoms with E-state index in [0.29, 0.717) is 0 Å². The van der Waals surface area contributed by atoms with Crippen molar-refractivity contribution in [2.75, 3.05) is 22.5 Å². The molecule has 0 aromatic rings. The molecular weight excluding hydrogens is 309 g/mol. The van der Waals surface area contributed by atoms with E-state index in [1.54, 1.807) is 11.0 Å². The fourth-order valence-electron chi connectivity index (χ4n) is 0.390. The molecule has 1 nitrogen and oxygen atoms in total. The largest absolute Gasteiger partial charge is 0.255 e. The van der Waals surface area contributed by atoms with Gasteiger partial charge in [-0.25, -0.2) is 0 Å². The molecule has 0 saturated carbocycles. The van der Waals surface area contributed by atoms with Crippen LogP contribution in [0.15, 0.2) is 0 Å². The van der Waals surface area contributed by atoms with Crippen molar-refractivity contribution in [2.24, 2.45) is 0 Å². The molecule has 0 amide bonds. The molecule has 0 radical (unpaired) electrons. The van der Waals surface area contributed by atoms with E-state index in [1.165, 1.54) is 16.6 Å². The van der Waals surface area contributed by atoms with Crippen LogP contribution in [0.2, 0.25) is 0 Å². The summed E-state index contributed by atoms with van der Waals surface area (Å²) in [7, 11) is 3.67. The minimum atomic E-state index is 0.978. The summed E-state index contributed by atoms with van der Waals surface area (Å²) in [6.07, 6.45) is 2.47. The van der Waals surface area contributed by atoms with Crippen LogP contribution in [0.1, 0.15) is 12.8 Å². The summed E-state index contributed by atoms with van der Waals surface area (Å²) >= 11 is 6.53. The zero-order valence-electron chi connectivity index (χ0n) is 6.38. The molecule has 0 unspecified atom stereocenters. The van der Waals surface area contributed by atoms with Gasteiger partial charge < -0.3 is 0 Å². The highest BCUT2D eigenvalue weighted by molar-refractivity contribution is 14.1. The van der Waals surface area contributed by atoms with E-state index < -0.39 is 0 Å². The first-order valence-electron chi connectivity index (χ1n) is 3.60. The highest BCUT2D eigenvalue weighted by Gasteiger charge is 1.88. The molecule has 1 N–H and O–H groups in total. The number of rotatable bonds is 8. The van der Waals surface area contributed by atoms with Crippen LogP contribution in [-0.2, 0) is 0 Å². The van der Waals surface area contributed by atoms with E-state index in [0.717, 1.165) is 18.7 Å². The SMILES string of the molecule is SCCCNSSCCCI. The van der Waals surface area contributed by atoms with Crippen molar-refractivity contribution >= 4 is 57.0 Å². The van der Waals surface area contributed by atoms with Crippen LogP contribution in [0.3, 0.4) is 0 Å². The van der Waals surface area contributed by atoms with Crippen molar-refractivity contribution in [3.8, 4) is 0 Å². The van der Waals surface area contributed by atoms with Crippen LogP contribution in [0.4, 0.5) is 0 Å². The molecule has 0 rings (SSSR count). The van der Waals surface area contributed by atoms with E-state index in [2.05, 4.69) is 39.9 Å². The van der Waals surface area contributed by atoms with Crippen molar-refractivity contribution in [1.82, 2.24) is 4.72 Å². The van der Waals surface area contributed by atoms with Gasteiger partial charge in [-0.15, -0.1) is 0 Å². The maximum Gasteiger partial charge on any atom is 0.00741 e. The van der Waals surface area contributed by atoms with Gasteiger partial charge in [0.1, 0.15) is 0 Å². The summed E-state index contributed by atoms with van der Waals surface area (Å²) in [5.41, 5.74) is 0. The molecule has 68 valence electrons. The van der Waals surface area contributed by atoms with Gasteiger partial charge in [0.25, 0.3) is 0 Å². The lowest BCUT2D eigenvalue weighted by Crippen LogP contribution is -2.04. The van der Waals surface area contributed by atoms with Crippen LogP contribution < -0.4 is 4.72 Å². The van der Waals surface area contributed by atoms with E-state index in [9.17, 15) is 0 Å². The number of hydrogen-bond acceptors (Lipinski definition) is 4. The van der Waals surface area contributed by atoms with Crippen LogP contribution in [-0.4, -0.2) is 22.5 Å². The van der Waals surface area contributed by atoms with Gasteiger partial charge in [-0.1, -0.05) is 33.4 Å². The maximum absolute atomic E-state index is 4.12. The zero-order valence-corrected chi connectivity index (χ0v) is 11.1. The Hall–Kier alpha value is 1.74. The Balaban J connectivity index is 2.69. The Morgan fingerprint density at radius 2 is 2.18 bits per heavy atom. The van der Waals surface area contributed by atoms with Crippen molar-refractivity contribution in [1.29, 1.82) is 0 Å². The predicted molar refractivity (Wildman–Crippen MR) is 70.0 cm³/mol. The number of hydrogen-bond donors (Lipinski definition) is 2. The molecule has 0 spiro atoms. The molecule has 0 atom stereocenters. The third kappa shape index (κ3) is 11.7. The highest BCUT2D eigenvalue weighted by Crippen LogP contribution is 2.18. The van der Waals surface area contributed by atoms with Gasteiger partial charge in [-0.3, -0.25) is 4.72 Å². The lowest BCUT2D eigenvalue weighted by atomic mass is 10.5.